The molecule has 4 rings (SSSR count). The van der Waals surface area contributed by atoms with Crippen LogP contribution in [-0.2, 0) is 35.0 Å². The zero-order valence-electron chi connectivity index (χ0n) is 21.4. The fourth-order valence-electron chi connectivity index (χ4n) is 4.67. The Bertz CT molecular complexity index is 1490. The van der Waals surface area contributed by atoms with Crippen molar-refractivity contribution in [3.63, 3.8) is 0 Å². The molecule has 6 nitrogen and oxygen atoms in total. The van der Waals surface area contributed by atoms with E-state index in [1.807, 2.05) is 0 Å². The zero-order valence-corrected chi connectivity index (χ0v) is 21.4. The van der Waals surface area contributed by atoms with E-state index < -0.39 is 81.9 Å². The van der Waals surface area contributed by atoms with Gasteiger partial charge in [0.15, 0.2) is 5.69 Å². The second-order valence-electron chi connectivity index (χ2n) is 9.72. The summed E-state index contributed by atoms with van der Waals surface area (Å²) >= 11 is 0. The second-order valence-corrected chi connectivity index (χ2v) is 9.72. The third-order valence-electron chi connectivity index (χ3n) is 6.70. The van der Waals surface area contributed by atoms with Crippen molar-refractivity contribution >= 4 is 5.91 Å². The van der Waals surface area contributed by atoms with Gasteiger partial charge in [0.2, 0.25) is 5.91 Å². The average molecular weight is 607 g/mol. The summed E-state index contributed by atoms with van der Waals surface area (Å²) < 4.78 is 128. The van der Waals surface area contributed by atoms with E-state index in [2.05, 4.69) is 10.3 Å². The van der Waals surface area contributed by atoms with Crippen LogP contribution < -0.4 is 10.9 Å². The van der Waals surface area contributed by atoms with Gasteiger partial charge in [-0.25, -0.2) is 18.2 Å². The molecule has 42 heavy (non-hydrogen) atoms. The number of benzene rings is 2. The number of H-pyrrole nitrogens is 1. The zero-order chi connectivity index (χ0) is 30.8. The molecule has 1 aromatic heterocycles. The van der Waals surface area contributed by atoms with E-state index in [0.29, 0.717) is 37.3 Å². The Morgan fingerprint density at radius 1 is 0.929 bits per heavy atom. The Morgan fingerprint density at radius 2 is 1.57 bits per heavy atom. The molecule has 1 aliphatic rings. The van der Waals surface area contributed by atoms with Crippen LogP contribution in [0.5, 0.6) is 0 Å². The van der Waals surface area contributed by atoms with E-state index in [4.69, 9.17) is 4.74 Å². The van der Waals surface area contributed by atoms with E-state index >= 15 is 4.39 Å². The van der Waals surface area contributed by atoms with Crippen LogP contribution in [0.15, 0.2) is 41.2 Å². The number of carbonyl (C=O) groups is 1. The highest BCUT2D eigenvalue weighted by molar-refractivity contribution is 5.78. The summed E-state index contributed by atoms with van der Waals surface area (Å²) in [5.41, 5.74) is -6.50. The molecule has 1 aliphatic carbocycles. The van der Waals surface area contributed by atoms with Gasteiger partial charge in [0.05, 0.1) is 23.8 Å². The number of ether oxygens (including phenoxy) is 1. The number of carbonyl (C=O) groups excluding carboxylic acids is 1. The maximum Gasteiger partial charge on any atom is 0.433 e. The number of hydrogen-bond acceptors (Lipinski definition) is 4. The van der Waals surface area contributed by atoms with Gasteiger partial charge in [-0.15, -0.1) is 0 Å². The Hall–Kier alpha value is -3.88. The van der Waals surface area contributed by atoms with Gasteiger partial charge in [-0.05, 0) is 49.4 Å². The minimum absolute atomic E-state index is 0.0276. The maximum atomic E-state index is 15.4. The van der Waals surface area contributed by atoms with Crippen molar-refractivity contribution in [1.29, 1.82) is 0 Å². The lowest BCUT2D eigenvalue weighted by Gasteiger charge is -2.28. The number of aromatic nitrogens is 2. The first-order valence-electron chi connectivity index (χ1n) is 12.5. The summed E-state index contributed by atoms with van der Waals surface area (Å²) in [5, 5.41) is 2.42. The van der Waals surface area contributed by atoms with Crippen molar-refractivity contribution in [3.05, 3.63) is 86.6 Å². The molecule has 15 heteroatoms. The molecule has 1 fully saturated rings. The highest BCUT2D eigenvalue weighted by atomic mass is 19.4. The average Bonchev–Trinajstić information content (AvgIpc) is 2.89. The van der Waals surface area contributed by atoms with Crippen LogP contribution in [0.3, 0.4) is 0 Å². The molecule has 0 unspecified atom stereocenters. The number of amides is 1. The summed E-state index contributed by atoms with van der Waals surface area (Å²) in [6.07, 6.45) is -9.18. The van der Waals surface area contributed by atoms with Gasteiger partial charge in [-0.2, -0.15) is 26.3 Å². The van der Waals surface area contributed by atoms with E-state index in [1.165, 1.54) is 0 Å². The number of halogens is 9. The molecule has 0 radical (unpaired) electrons. The van der Waals surface area contributed by atoms with Crippen LogP contribution >= 0.6 is 0 Å². The van der Waals surface area contributed by atoms with Gasteiger partial charge < -0.3 is 15.0 Å². The van der Waals surface area contributed by atoms with E-state index in [-0.39, 0.29) is 18.8 Å². The van der Waals surface area contributed by atoms with Gasteiger partial charge in [-0.3, -0.25) is 9.59 Å². The maximum absolute atomic E-state index is 15.4. The lowest BCUT2D eigenvalue weighted by atomic mass is 9.86. The van der Waals surface area contributed by atoms with Gasteiger partial charge >= 0.3 is 12.4 Å². The normalized spacial score (nSPS) is 17.7. The summed E-state index contributed by atoms with van der Waals surface area (Å²) in [5.74, 6) is -5.46. The molecule has 2 N–H and O–H groups in total. The first-order chi connectivity index (χ1) is 19.6. The summed E-state index contributed by atoms with van der Waals surface area (Å²) in [6, 6.07) is 4.18. The number of aromatic amines is 1. The molecule has 0 atom stereocenters. The number of nitrogens with zero attached hydrogens (tertiary/aromatic N) is 1. The fourth-order valence-corrected chi connectivity index (χ4v) is 4.67. The van der Waals surface area contributed by atoms with Crippen LogP contribution in [0.2, 0.25) is 0 Å². The van der Waals surface area contributed by atoms with Crippen molar-refractivity contribution < 1.29 is 49.0 Å². The highest BCUT2D eigenvalue weighted by Gasteiger charge is 2.39. The standard InChI is InChI=1S/C27H22F9N3O3/c28-16-7-13(8-17(29)9-16)12-42-18-4-1-14(2-5-18)25(41)37-11-15-3-6-19(26(31,32)33)22(23(15)30)24-38-20(27(34,35)36)10-21(40)39-24/h3,6-10,14,18H,1-2,4-5,11-12H2,(H,37,41)(H,38,39,40). The molecular formula is C27H22F9N3O3. The van der Waals surface area contributed by atoms with Crippen molar-refractivity contribution in [1.82, 2.24) is 15.3 Å². The first kappa shape index (κ1) is 31.1. The minimum atomic E-state index is -5.21. The van der Waals surface area contributed by atoms with Crippen LogP contribution in [0.1, 0.15) is 48.1 Å². The lowest BCUT2D eigenvalue weighted by molar-refractivity contribution is -0.141. The molecule has 226 valence electrons. The molecule has 3 aromatic rings. The van der Waals surface area contributed by atoms with Crippen LogP contribution in [-0.4, -0.2) is 22.0 Å². The molecule has 1 amide bonds. The predicted octanol–water partition coefficient (Wildman–Crippen LogP) is 6.28. The summed E-state index contributed by atoms with van der Waals surface area (Å²) in [6.45, 7) is -0.641. The van der Waals surface area contributed by atoms with Crippen LogP contribution in [0.25, 0.3) is 11.4 Å². The van der Waals surface area contributed by atoms with Crippen molar-refractivity contribution in [3.8, 4) is 11.4 Å². The number of nitrogens with one attached hydrogen (secondary N) is 2. The number of alkyl halides is 6. The minimum Gasteiger partial charge on any atom is -0.374 e. The van der Waals surface area contributed by atoms with E-state index in [0.717, 1.165) is 24.3 Å². The molecule has 0 aliphatic heterocycles. The number of hydrogen-bond donors (Lipinski definition) is 2. The van der Waals surface area contributed by atoms with Crippen molar-refractivity contribution in [2.24, 2.45) is 5.92 Å². The van der Waals surface area contributed by atoms with E-state index in [9.17, 15) is 44.7 Å². The van der Waals surface area contributed by atoms with Crippen LogP contribution in [0.4, 0.5) is 39.5 Å². The molecule has 0 saturated heterocycles. The molecular weight excluding hydrogens is 585 g/mol. The molecule has 0 bridgehead atoms. The topological polar surface area (TPSA) is 84.1 Å². The predicted molar refractivity (Wildman–Crippen MR) is 129 cm³/mol. The number of rotatable bonds is 7. The van der Waals surface area contributed by atoms with E-state index in [1.54, 1.807) is 4.98 Å². The molecule has 1 heterocycles. The SMILES string of the molecule is O=C(NCc1ccc(C(F)(F)F)c(-c2nc(C(F)(F)F)cc(=O)[nH]2)c1F)C1CCC(OCc2cc(F)cc(F)c2)CC1. The lowest BCUT2D eigenvalue weighted by Crippen LogP contribution is -2.34. The van der Waals surface area contributed by atoms with Crippen molar-refractivity contribution in [2.75, 3.05) is 0 Å². The third-order valence-corrected chi connectivity index (χ3v) is 6.70. The van der Waals surface area contributed by atoms with Crippen molar-refractivity contribution in [2.45, 2.75) is 57.3 Å². The van der Waals surface area contributed by atoms with Crippen LogP contribution in [0, 0.1) is 23.4 Å². The Balaban J connectivity index is 1.44. The van der Waals surface area contributed by atoms with Gasteiger partial charge in [0, 0.05) is 30.2 Å². The molecule has 1 saturated carbocycles. The Morgan fingerprint density at radius 3 is 2.17 bits per heavy atom. The summed E-state index contributed by atoms with van der Waals surface area (Å²) in [4.78, 5) is 29.2. The molecule has 2 aromatic carbocycles. The first-order valence-corrected chi connectivity index (χ1v) is 12.5. The molecule has 0 spiro atoms. The fraction of sp³-hybridized carbons (Fsp3) is 0.370. The van der Waals surface area contributed by atoms with Gasteiger partial charge in [0.1, 0.15) is 23.3 Å². The quantitative estimate of drug-likeness (QED) is 0.310. The third kappa shape index (κ3) is 7.49. The van der Waals surface area contributed by atoms with Gasteiger partial charge in [0.25, 0.3) is 5.56 Å². The smallest absolute Gasteiger partial charge is 0.374 e. The van der Waals surface area contributed by atoms with Gasteiger partial charge in [-0.1, -0.05) is 6.07 Å². The highest BCUT2D eigenvalue weighted by Crippen LogP contribution is 2.39. The summed E-state index contributed by atoms with van der Waals surface area (Å²) in [7, 11) is 0. The Labute approximate surface area is 231 Å². The largest absolute Gasteiger partial charge is 0.433 e. The Kier molecular flexibility index (Phi) is 8.99. The monoisotopic (exact) mass is 607 g/mol. The second kappa shape index (κ2) is 12.2.